The van der Waals surface area contributed by atoms with Crippen molar-refractivity contribution in [2.45, 2.75) is 33.6 Å². The second-order valence-corrected chi connectivity index (χ2v) is 4.49. The molecule has 0 unspecified atom stereocenters. The lowest BCUT2D eigenvalue weighted by Gasteiger charge is -2.31. The van der Waals surface area contributed by atoms with E-state index in [4.69, 9.17) is 5.73 Å². The summed E-state index contributed by atoms with van der Waals surface area (Å²) in [5, 5.41) is 0. The third-order valence-electron chi connectivity index (χ3n) is 2.14. The summed E-state index contributed by atoms with van der Waals surface area (Å²) in [6.07, 6.45) is -1.36. The van der Waals surface area contributed by atoms with Crippen LogP contribution in [0.1, 0.15) is 27.2 Å². The molecule has 0 aliphatic heterocycles. The largest absolute Gasteiger partial charge is 0.330 e. The van der Waals surface area contributed by atoms with Crippen LogP contribution in [0.4, 0.5) is 8.78 Å². The predicted molar refractivity (Wildman–Crippen MR) is 55.6 cm³/mol. The number of alkyl halides is 2. The molecule has 14 heavy (non-hydrogen) atoms. The molecule has 0 amide bonds. The fourth-order valence-corrected chi connectivity index (χ4v) is 1.42. The topological polar surface area (TPSA) is 29.3 Å². The molecule has 0 saturated carbocycles. The second kappa shape index (κ2) is 6.30. The van der Waals surface area contributed by atoms with Gasteiger partial charge in [-0.25, -0.2) is 8.78 Å². The lowest BCUT2D eigenvalue weighted by atomic mass is 9.93. The molecule has 0 aliphatic carbocycles. The Morgan fingerprint density at radius 3 is 2.29 bits per heavy atom. The van der Waals surface area contributed by atoms with Gasteiger partial charge in [0.1, 0.15) is 0 Å². The average Bonchev–Trinajstić information content (AvgIpc) is 2.03. The molecule has 0 aromatic heterocycles. The highest BCUT2D eigenvalue weighted by atomic mass is 19.3. The van der Waals surface area contributed by atoms with Crippen LogP contribution in [0.5, 0.6) is 0 Å². The van der Waals surface area contributed by atoms with Crippen LogP contribution in [0.25, 0.3) is 0 Å². The molecular weight excluding hydrogens is 186 g/mol. The van der Waals surface area contributed by atoms with Crippen molar-refractivity contribution in [2.24, 2.45) is 11.1 Å². The van der Waals surface area contributed by atoms with Crippen molar-refractivity contribution < 1.29 is 8.78 Å². The molecule has 0 aromatic rings. The van der Waals surface area contributed by atoms with Gasteiger partial charge in [-0.1, -0.05) is 20.8 Å². The molecule has 0 aromatic carbocycles. The summed E-state index contributed by atoms with van der Waals surface area (Å²) in [5.41, 5.74) is 5.49. The van der Waals surface area contributed by atoms with Gasteiger partial charge in [0, 0.05) is 6.54 Å². The van der Waals surface area contributed by atoms with E-state index in [9.17, 15) is 8.78 Å². The van der Waals surface area contributed by atoms with Crippen LogP contribution in [0, 0.1) is 5.41 Å². The molecule has 0 bridgehead atoms. The van der Waals surface area contributed by atoms with E-state index in [1.54, 1.807) is 4.90 Å². The summed E-state index contributed by atoms with van der Waals surface area (Å²) < 4.78 is 24.4. The van der Waals surface area contributed by atoms with Gasteiger partial charge in [-0.2, -0.15) is 0 Å². The molecule has 0 fully saturated rings. The lowest BCUT2D eigenvalue weighted by molar-refractivity contribution is 0.0694. The minimum Gasteiger partial charge on any atom is -0.330 e. The van der Waals surface area contributed by atoms with Gasteiger partial charge in [0.25, 0.3) is 6.43 Å². The molecule has 0 radical (unpaired) electrons. The number of hydrogen-bond donors (Lipinski definition) is 1. The van der Waals surface area contributed by atoms with Crippen molar-refractivity contribution >= 4 is 0 Å². The highest BCUT2D eigenvalue weighted by Gasteiger charge is 2.21. The van der Waals surface area contributed by atoms with E-state index >= 15 is 0 Å². The molecule has 4 heteroatoms. The van der Waals surface area contributed by atoms with Gasteiger partial charge in [0.15, 0.2) is 0 Å². The third kappa shape index (κ3) is 6.27. The van der Waals surface area contributed by atoms with Crippen LogP contribution in [0.3, 0.4) is 0 Å². The zero-order valence-electron chi connectivity index (χ0n) is 9.39. The SMILES string of the molecule is CCCN(CC(F)F)CC(C)(C)CN. The molecule has 0 aliphatic rings. The number of rotatable bonds is 7. The number of hydrogen-bond acceptors (Lipinski definition) is 2. The zero-order chi connectivity index (χ0) is 11.2. The van der Waals surface area contributed by atoms with E-state index in [1.807, 2.05) is 20.8 Å². The molecular formula is C10H22F2N2. The first-order valence-electron chi connectivity index (χ1n) is 5.12. The Balaban J connectivity index is 4.07. The first-order chi connectivity index (χ1) is 6.41. The van der Waals surface area contributed by atoms with Crippen molar-refractivity contribution in [3.63, 3.8) is 0 Å². The fraction of sp³-hybridized carbons (Fsp3) is 1.00. The fourth-order valence-electron chi connectivity index (χ4n) is 1.42. The smallest absolute Gasteiger partial charge is 0.251 e. The van der Waals surface area contributed by atoms with Crippen LogP contribution < -0.4 is 5.73 Å². The average molecular weight is 208 g/mol. The van der Waals surface area contributed by atoms with Crippen molar-refractivity contribution in [3.8, 4) is 0 Å². The Morgan fingerprint density at radius 2 is 1.93 bits per heavy atom. The maximum absolute atomic E-state index is 12.2. The summed E-state index contributed by atoms with van der Waals surface area (Å²) in [6, 6.07) is 0. The highest BCUT2D eigenvalue weighted by Crippen LogP contribution is 2.15. The van der Waals surface area contributed by atoms with Crippen LogP contribution in [0.2, 0.25) is 0 Å². The predicted octanol–water partition coefficient (Wildman–Crippen LogP) is 1.95. The van der Waals surface area contributed by atoms with Crippen molar-refractivity contribution in [1.82, 2.24) is 4.90 Å². The minimum absolute atomic E-state index is 0.0793. The second-order valence-electron chi connectivity index (χ2n) is 4.49. The molecule has 0 atom stereocenters. The Morgan fingerprint density at radius 1 is 1.36 bits per heavy atom. The van der Waals surface area contributed by atoms with Crippen molar-refractivity contribution in [3.05, 3.63) is 0 Å². The summed E-state index contributed by atoms with van der Waals surface area (Å²) in [5.74, 6) is 0. The van der Waals surface area contributed by atoms with E-state index < -0.39 is 6.43 Å². The first-order valence-corrected chi connectivity index (χ1v) is 5.12. The Bertz CT molecular complexity index is 149. The van der Waals surface area contributed by atoms with Crippen molar-refractivity contribution in [1.29, 1.82) is 0 Å². The molecule has 2 nitrogen and oxygen atoms in total. The lowest BCUT2D eigenvalue weighted by Crippen LogP contribution is -2.41. The van der Waals surface area contributed by atoms with E-state index in [0.717, 1.165) is 6.42 Å². The highest BCUT2D eigenvalue weighted by molar-refractivity contribution is 4.75. The van der Waals surface area contributed by atoms with Gasteiger partial charge < -0.3 is 5.73 Å². The van der Waals surface area contributed by atoms with E-state index in [2.05, 4.69) is 0 Å². The molecule has 0 rings (SSSR count). The van der Waals surface area contributed by atoms with Gasteiger partial charge >= 0.3 is 0 Å². The van der Waals surface area contributed by atoms with E-state index in [1.165, 1.54) is 0 Å². The van der Waals surface area contributed by atoms with Gasteiger partial charge in [-0.15, -0.1) is 0 Å². The van der Waals surface area contributed by atoms with Crippen LogP contribution in [-0.4, -0.2) is 37.5 Å². The zero-order valence-corrected chi connectivity index (χ0v) is 9.39. The normalized spacial score (nSPS) is 12.9. The van der Waals surface area contributed by atoms with Crippen LogP contribution >= 0.6 is 0 Å². The molecule has 0 saturated heterocycles. The minimum atomic E-state index is -2.25. The Labute approximate surface area is 85.5 Å². The van der Waals surface area contributed by atoms with Crippen LogP contribution in [0.15, 0.2) is 0 Å². The number of halogens is 2. The van der Waals surface area contributed by atoms with E-state index in [0.29, 0.717) is 19.6 Å². The maximum atomic E-state index is 12.2. The van der Waals surface area contributed by atoms with Gasteiger partial charge in [0.2, 0.25) is 0 Å². The quantitative estimate of drug-likeness (QED) is 0.693. The monoisotopic (exact) mass is 208 g/mol. The van der Waals surface area contributed by atoms with E-state index in [-0.39, 0.29) is 12.0 Å². The van der Waals surface area contributed by atoms with Gasteiger partial charge in [-0.3, -0.25) is 4.90 Å². The van der Waals surface area contributed by atoms with Crippen molar-refractivity contribution in [2.75, 3.05) is 26.2 Å². The summed E-state index contributed by atoms with van der Waals surface area (Å²) in [6.45, 7) is 7.74. The molecule has 86 valence electrons. The third-order valence-corrected chi connectivity index (χ3v) is 2.14. The first kappa shape index (κ1) is 13.8. The van der Waals surface area contributed by atoms with Gasteiger partial charge in [-0.05, 0) is 24.9 Å². The number of nitrogens with two attached hydrogens (primary N) is 1. The Kier molecular flexibility index (Phi) is 6.20. The molecule has 0 spiro atoms. The molecule has 2 N–H and O–H groups in total. The summed E-state index contributed by atoms with van der Waals surface area (Å²) in [7, 11) is 0. The van der Waals surface area contributed by atoms with Gasteiger partial charge in [0.05, 0.1) is 6.54 Å². The van der Waals surface area contributed by atoms with Crippen LogP contribution in [-0.2, 0) is 0 Å². The summed E-state index contributed by atoms with van der Waals surface area (Å²) in [4.78, 5) is 1.79. The Hall–Kier alpha value is -0.220. The number of nitrogens with zero attached hydrogens (tertiary/aromatic N) is 1. The summed E-state index contributed by atoms with van der Waals surface area (Å²) >= 11 is 0. The maximum Gasteiger partial charge on any atom is 0.251 e. The molecule has 0 heterocycles. The standard InChI is InChI=1S/C10H22F2N2/c1-4-5-14(6-9(11)12)8-10(2,3)7-13/h9H,4-8,13H2,1-3H3.